The van der Waals surface area contributed by atoms with Gasteiger partial charge < -0.3 is 14.5 Å². The van der Waals surface area contributed by atoms with Crippen molar-refractivity contribution in [1.82, 2.24) is 9.80 Å². The second-order valence-electron chi connectivity index (χ2n) is 7.36. The Labute approximate surface area is 138 Å². The first-order valence-electron chi connectivity index (χ1n) is 9.86. The predicted octanol–water partition coefficient (Wildman–Crippen LogP) is 3.92. The van der Waals surface area contributed by atoms with Crippen molar-refractivity contribution in [3.05, 3.63) is 0 Å². The van der Waals surface area contributed by atoms with E-state index in [0.717, 1.165) is 19.3 Å². The van der Waals surface area contributed by atoms with Crippen molar-refractivity contribution in [3.8, 4) is 0 Å². The number of hydrogen-bond acceptors (Lipinski definition) is 3. The van der Waals surface area contributed by atoms with Gasteiger partial charge in [-0.05, 0) is 91.0 Å². The fourth-order valence-corrected chi connectivity index (χ4v) is 3.46. The van der Waals surface area contributed by atoms with Crippen LogP contribution in [-0.4, -0.2) is 62.3 Å². The normalized spacial score (nSPS) is 27.1. The number of ether oxygens (including phenoxy) is 1. The molecule has 0 aromatic heterocycles. The van der Waals surface area contributed by atoms with Gasteiger partial charge in [0.05, 0.1) is 0 Å². The van der Waals surface area contributed by atoms with Gasteiger partial charge in [0.1, 0.15) is 0 Å². The molecule has 4 aliphatic rings. The average molecular weight is 311 g/mol. The van der Waals surface area contributed by atoms with Crippen LogP contribution < -0.4 is 0 Å². The van der Waals surface area contributed by atoms with Gasteiger partial charge >= 0.3 is 0 Å². The summed E-state index contributed by atoms with van der Waals surface area (Å²) in [6, 6.07) is 1.02. The SMILES string of the molecule is C1CCN(C2CC2)CC1.C1CCOCC1.CN1CCCCC1. The van der Waals surface area contributed by atoms with Gasteiger partial charge in [0.15, 0.2) is 0 Å². The third-order valence-electron chi connectivity index (χ3n) is 5.11. The number of piperidine rings is 2. The standard InChI is InChI=1S/C8H15N.C6H13N.C5H10O/c1-2-6-9(7-3-1)8-4-5-8;1-7-5-3-2-4-6-7;1-2-4-6-5-3-1/h8H,1-7H2;2-6H2,1H3;1-5H2. The van der Waals surface area contributed by atoms with E-state index < -0.39 is 0 Å². The zero-order valence-electron chi connectivity index (χ0n) is 14.9. The molecule has 0 amide bonds. The molecule has 1 aliphatic carbocycles. The van der Waals surface area contributed by atoms with Gasteiger partial charge in [-0.1, -0.05) is 12.8 Å². The van der Waals surface area contributed by atoms with Crippen molar-refractivity contribution in [1.29, 1.82) is 0 Å². The van der Waals surface area contributed by atoms with Crippen molar-refractivity contribution >= 4 is 0 Å². The summed E-state index contributed by atoms with van der Waals surface area (Å²) in [6.45, 7) is 7.43. The van der Waals surface area contributed by atoms with E-state index in [4.69, 9.17) is 4.74 Å². The van der Waals surface area contributed by atoms with Crippen molar-refractivity contribution in [2.24, 2.45) is 0 Å². The van der Waals surface area contributed by atoms with Crippen molar-refractivity contribution in [2.45, 2.75) is 76.7 Å². The molecular weight excluding hydrogens is 272 g/mol. The van der Waals surface area contributed by atoms with Gasteiger partial charge in [0.25, 0.3) is 0 Å². The Kier molecular flexibility index (Phi) is 9.46. The summed E-state index contributed by atoms with van der Waals surface area (Å²) in [5.41, 5.74) is 0. The maximum Gasteiger partial charge on any atom is 0.0466 e. The summed E-state index contributed by atoms with van der Waals surface area (Å²) in [7, 11) is 2.19. The molecule has 0 aromatic carbocycles. The molecule has 0 spiro atoms. The molecule has 3 nitrogen and oxygen atoms in total. The molecule has 0 aromatic rings. The third-order valence-corrected chi connectivity index (χ3v) is 5.11. The van der Waals surface area contributed by atoms with Gasteiger partial charge in [-0.2, -0.15) is 0 Å². The fourth-order valence-electron chi connectivity index (χ4n) is 3.46. The fraction of sp³-hybridized carbons (Fsp3) is 1.00. The lowest BCUT2D eigenvalue weighted by Crippen LogP contribution is -2.31. The molecule has 130 valence electrons. The molecule has 3 aliphatic heterocycles. The van der Waals surface area contributed by atoms with E-state index in [0.29, 0.717) is 0 Å². The average Bonchev–Trinajstić information content (AvgIpc) is 3.44. The van der Waals surface area contributed by atoms with Crippen LogP contribution >= 0.6 is 0 Å². The minimum absolute atomic E-state index is 1.00. The van der Waals surface area contributed by atoms with E-state index in [1.54, 1.807) is 0 Å². The Morgan fingerprint density at radius 3 is 1.45 bits per heavy atom. The first-order valence-corrected chi connectivity index (χ1v) is 9.86. The van der Waals surface area contributed by atoms with Crippen LogP contribution in [0.2, 0.25) is 0 Å². The summed E-state index contributed by atoms with van der Waals surface area (Å²) in [4.78, 5) is 5.06. The molecule has 0 N–H and O–H groups in total. The molecule has 0 unspecified atom stereocenters. The van der Waals surface area contributed by atoms with Gasteiger partial charge in [0.2, 0.25) is 0 Å². The van der Waals surface area contributed by atoms with Crippen molar-refractivity contribution < 1.29 is 4.74 Å². The van der Waals surface area contributed by atoms with Crippen molar-refractivity contribution in [2.75, 3.05) is 46.4 Å². The number of likely N-dealkylation sites (tertiary alicyclic amines) is 2. The van der Waals surface area contributed by atoms with Crippen LogP contribution in [0, 0.1) is 0 Å². The molecule has 0 atom stereocenters. The van der Waals surface area contributed by atoms with E-state index in [2.05, 4.69) is 16.8 Å². The Bertz CT molecular complexity index is 241. The lowest BCUT2D eigenvalue weighted by molar-refractivity contribution is 0.0968. The van der Waals surface area contributed by atoms with Crippen LogP contribution in [0.1, 0.15) is 70.6 Å². The number of rotatable bonds is 1. The predicted molar refractivity (Wildman–Crippen MR) is 94.5 cm³/mol. The molecule has 1 saturated carbocycles. The number of hydrogen-bond donors (Lipinski definition) is 0. The Morgan fingerprint density at radius 1 is 0.636 bits per heavy atom. The highest BCUT2D eigenvalue weighted by Gasteiger charge is 2.29. The lowest BCUT2D eigenvalue weighted by atomic mass is 10.1. The second kappa shape index (κ2) is 11.4. The Morgan fingerprint density at radius 2 is 1.14 bits per heavy atom. The summed E-state index contributed by atoms with van der Waals surface area (Å²) in [5, 5.41) is 0. The Balaban J connectivity index is 0.000000124. The zero-order chi connectivity index (χ0) is 15.5. The quantitative estimate of drug-likeness (QED) is 0.730. The maximum atomic E-state index is 5.07. The monoisotopic (exact) mass is 310 g/mol. The van der Waals surface area contributed by atoms with E-state index in [-0.39, 0.29) is 0 Å². The van der Waals surface area contributed by atoms with Gasteiger partial charge in [-0.15, -0.1) is 0 Å². The van der Waals surface area contributed by atoms with E-state index >= 15 is 0 Å². The topological polar surface area (TPSA) is 15.7 Å². The maximum absolute atomic E-state index is 5.07. The first-order chi connectivity index (χ1) is 10.9. The van der Waals surface area contributed by atoms with Crippen LogP contribution in [0.3, 0.4) is 0 Å². The summed E-state index contributed by atoms with van der Waals surface area (Å²) < 4.78 is 5.07. The summed E-state index contributed by atoms with van der Waals surface area (Å²) >= 11 is 0. The minimum atomic E-state index is 1.00. The number of nitrogens with zero attached hydrogens (tertiary/aromatic N) is 2. The van der Waals surface area contributed by atoms with Crippen molar-refractivity contribution in [3.63, 3.8) is 0 Å². The molecule has 0 bridgehead atoms. The molecule has 4 fully saturated rings. The lowest BCUT2D eigenvalue weighted by Gasteiger charge is -2.25. The van der Waals surface area contributed by atoms with Crippen LogP contribution in [0.4, 0.5) is 0 Å². The van der Waals surface area contributed by atoms with E-state index in [9.17, 15) is 0 Å². The molecule has 4 rings (SSSR count). The third kappa shape index (κ3) is 8.50. The molecule has 3 heterocycles. The largest absolute Gasteiger partial charge is 0.381 e. The highest BCUT2D eigenvalue weighted by atomic mass is 16.5. The summed E-state index contributed by atoms with van der Waals surface area (Å²) in [5.74, 6) is 0. The van der Waals surface area contributed by atoms with Crippen LogP contribution in [0.25, 0.3) is 0 Å². The van der Waals surface area contributed by atoms with Gasteiger partial charge in [-0.3, -0.25) is 0 Å². The highest BCUT2D eigenvalue weighted by Crippen LogP contribution is 2.28. The minimum Gasteiger partial charge on any atom is -0.381 e. The first kappa shape index (κ1) is 18.2. The van der Waals surface area contributed by atoms with Gasteiger partial charge in [0, 0.05) is 19.3 Å². The van der Waals surface area contributed by atoms with E-state index in [1.165, 1.54) is 96.8 Å². The smallest absolute Gasteiger partial charge is 0.0466 e. The van der Waals surface area contributed by atoms with Crippen LogP contribution in [0.15, 0.2) is 0 Å². The summed E-state index contributed by atoms with van der Waals surface area (Å²) in [6.07, 6.45) is 15.6. The molecule has 3 saturated heterocycles. The van der Waals surface area contributed by atoms with Gasteiger partial charge in [-0.25, -0.2) is 0 Å². The molecule has 22 heavy (non-hydrogen) atoms. The molecule has 0 radical (unpaired) electrons. The van der Waals surface area contributed by atoms with Crippen LogP contribution in [0.5, 0.6) is 0 Å². The Hall–Kier alpha value is -0.120. The zero-order valence-corrected chi connectivity index (χ0v) is 14.9. The second-order valence-corrected chi connectivity index (χ2v) is 7.36. The van der Waals surface area contributed by atoms with Crippen LogP contribution in [-0.2, 0) is 4.74 Å². The molecule has 3 heteroatoms. The molecular formula is C19H38N2O. The van der Waals surface area contributed by atoms with E-state index in [1.807, 2.05) is 0 Å². The highest BCUT2D eigenvalue weighted by molar-refractivity contribution is 4.85.